The number of ether oxygens (including phenoxy) is 1. The molecule has 2 N–H and O–H groups in total. The maximum Gasteiger partial charge on any atom is 0.573 e. The molecule has 0 aliphatic carbocycles. The normalized spacial score (nSPS) is 11.6. The van der Waals surface area contributed by atoms with Gasteiger partial charge in [-0.15, -0.1) is 18.3 Å². The van der Waals surface area contributed by atoms with Gasteiger partial charge in [-0.1, -0.05) is 56.3 Å². The van der Waals surface area contributed by atoms with Gasteiger partial charge in [0.05, 0.1) is 11.9 Å². The minimum atomic E-state index is -4.74. The van der Waals surface area contributed by atoms with Crippen LogP contribution in [0.1, 0.15) is 30.9 Å². The van der Waals surface area contributed by atoms with E-state index in [0.29, 0.717) is 22.5 Å². The van der Waals surface area contributed by atoms with Crippen molar-refractivity contribution in [3.63, 3.8) is 0 Å². The summed E-state index contributed by atoms with van der Waals surface area (Å²) in [6, 6.07) is 20.7. The van der Waals surface area contributed by atoms with Crippen LogP contribution in [0.2, 0.25) is 0 Å². The predicted molar refractivity (Wildman–Crippen MR) is 141 cm³/mol. The fourth-order valence-corrected chi connectivity index (χ4v) is 3.63. The molecule has 3 aromatic carbocycles. The van der Waals surface area contributed by atoms with Crippen LogP contribution in [0.5, 0.6) is 5.75 Å². The van der Waals surface area contributed by atoms with E-state index in [1.54, 1.807) is 6.21 Å². The van der Waals surface area contributed by atoms with Crippen molar-refractivity contribution >= 4 is 29.2 Å². The minimum absolute atomic E-state index is 0.305. The number of halogens is 3. The number of thiocarbonyl (C=S) groups is 1. The van der Waals surface area contributed by atoms with Crippen molar-refractivity contribution < 1.29 is 17.9 Å². The molecule has 1 heterocycles. The summed E-state index contributed by atoms with van der Waals surface area (Å²) in [5.74, 6) is 0.513. The summed E-state index contributed by atoms with van der Waals surface area (Å²) in [6.07, 6.45) is -1.61. The van der Waals surface area contributed by atoms with Gasteiger partial charge in [0, 0.05) is 11.3 Å². The summed E-state index contributed by atoms with van der Waals surface area (Å²) < 4.78 is 42.4. The van der Waals surface area contributed by atoms with Gasteiger partial charge in [-0.25, -0.2) is 9.67 Å². The smallest absolute Gasteiger partial charge is 0.406 e. The topological polar surface area (TPSA) is 76.4 Å². The lowest BCUT2D eigenvalue weighted by atomic mass is 10.0. The number of nitrogens with one attached hydrogen (secondary N) is 2. The van der Waals surface area contributed by atoms with Crippen LogP contribution in [-0.2, 0) is 0 Å². The fourth-order valence-electron chi connectivity index (χ4n) is 3.47. The molecule has 0 aliphatic heterocycles. The van der Waals surface area contributed by atoms with Crippen LogP contribution in [0.25, 0.3) is 17.1 Å². The standard InChI is InChI=1S/C26H23F3N6OS/c1-17(2)22-5-3-4-6-23(22)32-25(37)33-31-15-18-7-9-19(10-8-18)24-30-16-35(34-24)20-11-13-21(14-12-20)36-26(27,28)29/h3-17H,1-2H3,(H2,32,33,37)/b31-15-. The second-order valence-corrected chi connectivity index (χ2v) is 8.65. The highest BCUT2D eigenvalue weighted by atomic mass is 32.1. The van der Waals surface area contributed by atoms with E-state index in [4.69, 9.17) is 12.2 Å². The summed E-state index contributed by atoms with van der Waals surface area (Å²) in [7, 11) is 0. The number of nitrogens with zero attached hydrogens (tertiary/aromatic N) is 4. The molecular weight excluding hydrogens is 501 g/mol. The van der Waals surface area contributed by atoms with E-state index in [1.165, 1.54) is 35.3 Å². The monoisotopic (exact) mass is 524 g/mol. The molecule has 0 fully saturated rings. The van der Waals surface area contributed by atoms with Crippen molar-refractivity contribution in [1.82, 2.24) is 20.2 Å². The first kappa shape index (κ1) is 25.8. The molecule has 0 aliphatic rings. The van der Waals surface area contributed by atoms with Crippen LogP contribution in [-0.4, -0.2) is 32.5 Å². The lowest BCUT2D eigenvalue weighted by molar-refractivity contribution is -0.274. The van der Waals surface area contributed by atoms with E-state index in [0.717, 1.165) is 22.4 Å². The third-order valence-corrected chi connectivity index (χ3v) is 5.40. The quantitative estimate of drug-likeness (QED) is 0.168. The van der Waals surface area contributed by atoms with Gasteiger partial charge >= 0.3 is 6.36 Å². The molecule has 0 saturated carbocycles. The van der Waals surface area contributed by atoms with Gasteiger partial charge in [0.25, 0.3) is 0 Å². The van der Waals surface area contributed by atoms with E-state index in [-0.39, 0.29) is 5.75 Å². The van der Waals surface area contributed by atoms with Crippen molar-refractivity contribution in [3.8, 4) is 22.8 Å². The average Bonchev–Trinajstić information content (AvgIpc) is 3.34. The lowest BCUT2D eigenvalue weighted by Gasteiger charge is -2.14. The molecule has 0 saturated heterocycles. The van der Waals surface area contributed by atoms with Crippen LogP contribution >= 0.6 is 12.2 Å². The second-order valence-electron chi connectivity index (χ2n) is 8.24. The maximum atomic E-state index is 12.3. The molecule has 190 valence electrons. The summed E-state index contributed by atoms with van der Waals surface area (Å²) in [6.45, 7) is 4.24. The summed E-state index contributed by atoms with van der Waals surface area (Å²) in [4.78, 5) is 4.29. The summed E-state index contributed by atoms with van der Waals surface area (Å²) in [5.41, 5.74) is 7.07. The Balaban J connectivity index is 1.35. The zero-order chi connectivity index (χ0) is 26.4. The number of hydrogen-bond acceptors (Lipinski definition) is 5. The van der Waals surface area contributed by atoms with Gasteiger partial charge in [-0.05, 0) is 59.6 Å². The number of hydrogen-bond donors (Lipinski definition) is 2. The second kappa shape index (κ2) is 11.2. The van der Waals surface area contributed by atoms with Crippen LogP contribution in [0.3, 0.4) is 0 Å². The summed E-state index contributed by atoms with van der Waals surface area (Å²) in [5, 5.41) is 12.1. The molecule has 0 unspecified atom stereocenters. The number of hydrazone groups is 1. The molecule has 0 atom stereocenters. The van der Waals surface area contributed by atoms with Crippen molar-refractivity contribution in [2.24, 2.45) is 5.10 Å². The number of para-hydroxylation sites is 1. The third-order valence-electron chi connectivity index (χ3n) is 5.21. The zero-order valence-corrected chi connectivity index (χ0v) is 20.7. The van der Waals surface area contributed by atoms with Crippen molar-refractivity contribution in [1.29, 1.82) is 0 Å². The van der Waals surface area contributed by atoms with Crippen molar-refractivity contribution in [2.45, 2.75) is 26.1 Å². The zero-order valence-electron chi connectivity index (χ0n) is 19.9. The Labute approximate surface area is 217 Å². The first-order valence-corrected chi connectivity index (χ1v) is 11.7. The highest BCUT2D eigenvalue weighted by Gasteiger charge is 2.31. The van der Waals surface area contributed by atoms with Crippen molar-refractivity contribution in [3.05, 3.63) is 90.3 Å². The number of rotatable bonds is 7. The van der Waals surface area contributed by atoms with Gasteiger partial charge in [0.15, 0.2) is 10.9 Å². The van der Waals surface area contributed by atoms with Crippen LogP contribution in [0.15, 0.2) is 84.2 Å². The molecule has 11 heteroatoms. The highest BCUT2D eigenvalue weighted by molar-refractivity contribution is 7.80. The van der Waals surface area contributed by atoms with Gasteiger partial charge in [0.2, 0.25) is 0 Å². The van der Waals surface area contributed by atoms with E-state index in [9.17, 15) is 13.2 Å². The lowest BCUT2D eigenvalue weighted by Crippen LogP contribution is -2.24. The molecule has 0 radical (unpaired) electrons. The molecular formula is C26H23F3N6OS. The minimum Gasteiger partial charge on any atom is -0.406 e. The largest absolute Gasteiger partial charge is 0.573 e. The molecule has 1 aromatic heterocycles. The molecule has 4 aromatic rings. The van der Waals surface area contributed by atoms with E-state index < -0.39 is 6.36 Å². The first-order chi connectivity index (χ1) is 17.7. The van der Waals surface area contributed by atoms with Gasteiger partial charge in [-0.2, -0.15) is 5.10 Å². The molecule has 0 amide bonds. The predicted octanol–water partition coefficient (Wildman–Crippen LogP) is 6.28. The number of benzene rings is 3. The summed E-state index contributed by atoms with van der Waals surface area (Å²) >= 11 is 5.34. The van der Waals surface area contributed by atoms with Crippen LogP contribution in [0, 0.1) is 0 Å². The maximum absolute atomic E-state index is 12.3. The van der Waals surface area contributed by atoms with Crippen LogP contribution < -0.4 is 15.5 Å². The van der Waals surface area contributed by atoms with Gasteiger partial charge in [-0.3, -0.25) is 5.43 Å². The SMILES string of the molecule is CC(C)c1ccccc1NC(=S)N/N=C\c1ccc(-c2ncn(-c3ccc(OC(F)(F)F)cc3)n2)cc1. The van der Waals surface area contributed by atoms with Gasteiger partial charge in [0.1, 0.15) is 12.1 Å². The van der Waals surface area contributed by atoms with Crippen LogP contribution in [0.4, 0.5) is 18.9 Å². The van der Waals surface area contributed by atoms with E-state index in [2.05, 4.69) is 50.6 Å². The Bertz CT molecular complexity index is 1380. The number of aromatic nitrogens is 3. The van der Waals surface area contributed by atoms with E-state index in [1.807, 2.05) is 42.5 Å². The fraction of sp³-hybridized carbons (Fsp3) is 0.154. The number of anilines is 1. The molecule has 0 bridgehead atoms. The molecule has 0 spiro atoms. The third kappa shape index (κ3) is 7.14. The van der Waals surface area contributed by atoms with Gasteiger partial charge < -0.3 is 10.1 Å². The Morgan fingerprint density at radius 1 is 1.03 bits per heavy atom. The Morgan fingerprint density at radius 2 is 1.73 bits per heavy atom. The van der Waals surface area contributed by atoms with E-state index >= 15 is 0 Å². The Kier molecular flexibility index (Phi) is 7.83. The Morgan fingerprint density at radius 3 is 2.41 bits per heavy atom. The van der Waals surface area contributed by atoms with Crippen molar-refractivity contribution in [2.75, 3.05) is 5.32 Å². The molecule has 4 rings (SSSR count). The number of alkyl halides is 3. The molecule has 37 heavy (non-hydrogen) atoms. The average molecular weight is 525 g/mol. The molecule has 7 nitrogen and oxygen atoms in total. The highest BCUT2D eigenvalue weighted by Crippen LogP contribution is 2.25. The first-order valence-electron chi connectivity index (χ1n) is 11.3. The Hall–Kier alpha value is -4.25.